The zero-order chi connectivity index (χ0) is 8.10. The fourth-order valence-electron chi connectivity index (χ4n) is 1.11. The second kappa shape index (κ2) is 5.46. The van der Waals surface area contributed by atoms with Gasteiger partial charge >= 0.3 is 0 Å². The van der Waals surface area contributed by atoms with Crippen molar-refractivity contribution in [1.29, 1.82) is 0 Å². The third-order valence-corrected chi connectivity index (χ3v) is 4.68. The van der Waals surface area contributed by atoms with Crippen LogP contribution in [0.15, 0.2) is 11.0 Å². The van der Waals surface area contributed by atoms with E-state index in [2.05, 4.69) is 47.4 Å². The van der Waals surface area contributed by atoms with Crippen LogP contribution in [0.4, 0.5) is 0 Å². The van der Waals surface area contributed by atoms with Crippen LogP contribution in [0.2, 0.25) is 0 Å². The molecule has 0 nitrogen and oxygen atoms in total. The van der Waals surface area contributed by atoms with E-state index in [4.69, 9.17) is 0 Å². The summed E-state index contributed by atoms with van der Waals surface area (Å²) >= 11 is 4.60. The topological polar surface area (TPSA) is 0 Å². The van der Waals surface area contributed by atoms with Gasteiger partial charge in [0.2, 0.25) is 0 Å². The average Bonchev–Trinajstić information content (AvgIpc) is 2.04. The van der Waals surface area contributed by atoms with Crippen LogP contribution in [0, 0.1) is 0 Å². The van der Waals surface area contributed by atoms with Gasteiger partial charge in [0.25, 0.3) is 0 Å². The molecule has 1 aliphatic heterocycles. The Labute approximate surface area is 87.3 Å². The van der Waals surface area contributed by atoms with E-state index in [0.717, 1.165) is 3.92 Å². The molecule has 1 heterocycles. The van der Waals surface area contributed by atoms with E-state index in [9.17, 15) is 0 Å². The van der Waals surface area contributed by atoms with E-state index >= 15 is 0 Å². The van der Waals surface area contributed by atoms with Crippen LogP contribution in [0.25, 0.3) is 0 Å². The van der Waals surface area contributed by atoms with Gasteiger partial charge < -0.3 is 0 Å². The van der Waals surface area contributed by atoms with E-state index in [-0.39, 0.29) is 0 Å². The molecule has 0 aromatic rings. The van der Waals surface area contributed by atoms with Crippen molar-refractivity contribution in [2.45, 2.75) is 36.5 Å². The lowest BCUT2D eigenvalue weighted by Gasteiger charge is -2.16. The highest BCUT2D eigenvalue weighted by Gasteiger charge is 2.10. The predicted molar refractivity (Wildman–Crippen MR) is 62.5 cm³/mol. The molecule has 1 aliphatic rings. The molecule has 0 saturated carbocycles. The summed E-state index contributed by atoms with van der Waals surface area (Å²) in [5.74, 6) is 1.33. The monoisotopic (exact) mass is 282 g/mol. The predicted octanol–water partition coefficient (Wildman–Crippen LogP) is 4.00. The molecule has 11 heavy (non-hydrogen) atoms. The Morgan fingerprint density at radius 3 is 3.09 bits per heavy atom. The van der Waals surface area contributed by atoms with Crippen LogP contribution in [-0.2, 0) is 0 Å². The summed E-state index contributed by atoms with van der Waals surface area (Å²) in [6, 6.07) is 0. The number of allylic oxidation sites excluding steroid dienone is 2. The van der Waals surface area contributed by atoms with Crippen LogP contribution in [-0.4, -0.2) is 9.68 Å². The molecule has 1 atom stereocenters. The fraction of sp³-hybridized carbons (Fsp3) is 0.778. The molecule has 2 heteroatoms. The number of unbranched alkanes of at least 4 members (excludes halogenated alkanes) is 1. The van der Waals surface area contributed by atoms with Gasteiger partial charge in [0, 0.05) is 9.68 Å². The second-order valence-corrected chi connectivity index (χ2v) is 5.83. The second-order valence-electron chi connectivity index (χ2n) is 2.92. The van der Waals surface area contributed by atoms with Crippen molar-refractivity contribution >= 4 is 34.4 Å². The number of thioether (sulfide) groups is 1. The quantitative estimate of drug-likeness (QED) is 0.557. The number of hydrogen-bond acceptors (Lipinski definition) is 1. The smallest absolute Gasteiger partial charge is 0.0238 e. The molecule has 1 unspecified atom stereocenters. The molecule has 0 aromatic carbocycles. The molecule has 0 aliphatic carbocycles. The normalized spacial score (nSPS) is 24.9. The van der Waals surface area contributed by atoms with E-state index < -0.39 is 0 Å². The molecule has 0 fully saturated rings. The first-order valence-corrected chi connectivity index (χ1v) is 6.52. The summed E-state index contributed by atoms with van der Waals surface area (Å²) < 4.78 is 0.878. The summed E-state index contributed by atoms with van der Waals surface area (Å²) in [4.78, 5) is 1.64. The molecular weight excluding hydrogens is 267 g/mol. The van der Waals surface area contributed by atoms with Gasteiger partial charge in [0.05, 0.1) is 0 Å². The Bertz CT molecular complexity index is 142. The first-order chi connectivity index (χ1) is 5.33. The lowest BCUT2D eigenvalue weighted by Crippen LogP contribution is -2.04. The van der Waals surface area contributed by atoms with Crippen molar-refractivity contribution in [1.82, 2.24) is 0 Å². The van der Waals surface area contributed by atoms with Crippen LogP contribution in [0.1, 0.15) is 32.6 Å². The van der Waals surface area contributed by atoms with Crippen molar-refractivity contribution in [3.63, 3.8) is 0 Å². The van der Waals surface area contributed by atoms with Gasteiger partial charge in [-0.15, -0.1) is 11.8 Å². The van der Waals surface area contributed by atoms with Crippen molar-refractivity contribution in [3.05, 3.63) is 11.0 Å². The molecule has 0 aromatic heterocycles. The molecule has 0 spiro atoms. The summed E-state index contributed by atoms with van der Waals surface area (Å²) in [5.41, 5.74) is 0. The van der Waals surface area contributed by atoms with Crippen molar-refractivity contribution in [2.75, 3.05) is 5.75 Å². The highest BCUT2D eigenvalue weighted by molar-refractivity contribution is 14.1. The minimum atomic E-state index is 0.878. The van der Waals surface area contributed by atoms with Gasteiger partial charge in [-0.25, -0.2) is 0 Å². The first-order valence-electron chi connectivity index (χ1n) is 4.29. The maximum absolute atomic E-state index is 2.54. The lowest BCUT2D eigenvalue weighted by atomic mass is 10.2. The highest BCUT2D eigenvalue weighted by Crippen LogP contribution is 2.31. The Kier molecular flexibility index (Phi) is 4.92. The van der Waals surface area contributed by atoms with E-state index in [0.29, 0.717) is 0 Å². The SMILES string of the molecule is CCCCC1=CCC(I)CS1. The Balaban J connectivity index is 2.24. The van der Waals surface area contributed by atoms with Gasteiger partial charge in [0.15, 0.2) is 0 Å². The Hall–Kier alpha value is 0.820. The number of hydrogen-bond donors (Lipinski definition) is 0. The molecule has 64 valence electrons. The molecule has 0 amide bonds. The molecular formula is C9H15IS. The van der Waals surface area contributed by atoms with Crippen LogP contribution in [0.3, 0.4) is 0 Å². The first kappa shape index (κ1) is 9.90. The van der Waals surface area contributed by atoms with Crippen molar-refractivity contribution in [2.24, 2.45) is 0 Å². The molecule has 0 radical (unpaired) electrons. The minimum Gasteiger partial charge on any atom is -0.130 e. The van der Waals surface area contributed by atoms with Gasteiger partial charge in [0.1, 0.15) is 0 Å². The van der Waals surface area contributed by atoms with Crippen molar-refractivity contribution in [3.8, 4) is 0 Å². The Morgan fingerprint density at radius 1 is 1.73 bits per heavy atom. The molecule has 0 N–H and O–H groups in total. The molecule has 0 saturated heterocycles. The zero-order valence-electron chi connectivity index (χ0n) is 6.98. The van der Waals surface area contributed by atoms with Crippen molar-refractivity contribution < 1.29 is 0 Å². The summed E-state index contributed by atoms with van der Waals surface area (Å²) in [7, 11) is 0. The molecule has 0 bridgehead atoms. The van der Waals surface area contributed by atoms with Gasteiger partial charge in [-0.3, -0.25) is 0 Å². The van der Waals surface area contributed by atoms with Gasteiger partial charge in [-0.05, 0) is 24.2 Å². The average molecular weight is 282 g/mol. The summed E-state index contributed by atoms with van der Waals surface area (Å²) in [6.07, 6.45) is 7.74. The largest absolute Gasteiger partial charge is 0.130 e. The third-order valence-electron chi connectivity index (χ3n) is 1.83. The lowest BCUT2D eigenvalue weighted by molar-refractivity contribution is 0.802. The standard InChI is InChI=1S/C9H15IS/c1-2-3-4-9-6-5-8(10)7-11-9/h6,8H,2-5,7H2,1H3. The van der Waals surface area contributed by atoms with Crippen LogP contribution >= 0.6 is 34.4 Å². The van der Waals surface area contributed by atoms with E-state index in [1.165, 1.54) is 31.4 Å². The van der Waals surface area contributed by atoms with E-state index in [1.54, 1.807) is 4.91 Å². The number of rotatable bonds is 3. The van der Waals surface area contributed by atoms with Crippen LogP contribution in [0.5, 0.6) is 0 Å². The summed E-state index contributed by atoms with van der Waals surface area (Å²) in [6.45, 7) is 2.26. The highest BCUT2D eigenvalue weighted by atomic mass is 127. The minimum absolute atomic E-state index is 0.878. The van der Waals surface area contributed by atoms with E-state index in [1.807, 2.05) is 0 Å². The zero-order valence-corrected chi connectivity index (χ0v) is 9.95. The number of halogens is 1. The van der Waals surface area contributed by atoms with Gasteiger partial charge in [-0.1, -0.05) is 42.0 Å². The van der Waals surface area contributed by atoms with Gasteiger partial charge in [-0.2, -0.15) is 0 Å². The van der Waals surface area contributed by atoms with Crippen LogP contribution < -0.4 is 0 Å². The summed E-state index contributed by atoms with van der Waals surface area (Å²) in [5, 5.41) is 0. The molecule has 1 rings (SSSR count). The fourth-order valence-corrected chi connectivity index (χ4v) is 2.94. The Morgan fingerprint density at radius 2 is 2.55 bits per heavy atom. The number of alkyl halides is 1. The third kappa shape index (κ3) is 3.83. The maximum Gasteiger partial charge on any atom is 0.0238 e. The maximum atomic E-state index is 2.54.